The Balaban J connectivity index is 2.16. The first-order valence-corrected chi connectivity index (χ1v) is 4.75. The van der Waals surface area contributed by atoms with Crippen molar-refractivity contribution >= 4 is 11.6 Å². The summed E-state index contributed by atoms with van der Waals surface area (Å²) in [5, 5.41) is 14.6. The van der Waals surface area contributed by atoms with E-state index in [1.165, 1.54) is 18.2 Å². The van der Waals surface area contributed by atoms with Gasteiger partial charge in [-0.1, -0.05) is 12.1 Å². The van der Waals surface area contributed by atoms with E-state index in [1.807, 2.05) is 0 Å². The average Bonchev–Trinajstić information content (AvgIpc) is 2.84. The molecule has 0 unspecified atom stereocenters. The lowest BCUT2D eigenvalue weighted by Gasteiger charge is -2.10. The Hall–Kier alpha value is -2.58. The highest BCUT2D eigenvalue weighted by Gasteiger charge is 2.15. The predicted octanol–water partition coefficient (Wildman–Crippen LogP) is 1.05. The summed E-state index contributed by atoms with van der Waals surface area (Å²) in [6.07, 6.45) is 0. The summed E-state index contributed by atoms with van der Waals surface area (Å²) in [4.78, 5) is 11.6. The van der Waals surface area contributed by atoms with Crippen LogP contribution in [-0.2, 0) is 0 Å². The first-order chi connectivity index (χ1) is 8.66. The van der Waals surface area contributed by atoms with Gasteiger partial charge < -0.3 is 10.1 Å². The second kappa shape index (κ2) is 5.17. The molecule has 0 aliphatic rings. The molecule has 1 amide bonds. The molecule has 2 rings (SSSR count). The minimum Gasteiger partial charge on any atom is -0.433 e. The number of nitrogens with zero attached hydrogens (tertiary/aromatic N) is 3. The van der Waals surface area contributed by atoms with E-state index < -0.39 is 12.5 Å². The number of carbonyl (C=O) groups is 1. The standard InChI is InChI=1S/C9H7F2N5O2/c10-9(11)18-6-4-2-1-3-5(6)12-8(17)7-13-15-16-14-7/h1-4,9H,(H,12,17)(H,13,14,15,16). The highest BCUT2D eigenvalue weighted by molar-refractivity contribution is 6.02. The lowest BCUT2D eigenvalue weighted by molar-refractivity contribution is -0.0493. The molecule has 2 N–H and O–H groups in total. The van der Waals surface area contributed by atoms with E-state index in [0.29, 0.717) is 0 Å². The molecule has 0 spiro atoms. The third-order valence-electron chi connectivity index (χ3n) is 1.90. The highest BCUT2D eigenvalue weighted by atomic mass is 19.3. The minimum absolute atomic E-state index is 0.0904. The van der Waals surface area contributed by atoms with Gasteiger partial charge >= 0.3 is 6.61 Å². The van der Waals surface area contributed by atoms with Gasteiger partial charge in [0.1, 0.15) is 5.75 Å². The number of halogens is 2. The first-order valence-electron chi connectivity index (χ1n) is 4.75. The Kier molecular flexibility index (Phi) is 3.41. The van der Waals surface area contributed by atoms with E-state index in [4.69, 9.17) is 0 Å². The SMILES string of the molecule is O=C(Nc1ccccc1OC(F)F)c1nn[nH]n1. The fourth-order valence-corrected chi connectivity index (χ4v) is 1.20. The van der Waals surface area contributed by atoms with E-state index in [2.05, 4.69) is 30.7 Å². The van der Waals surface area contributed by atoms with Crippen LogP contribution in [0.2, 0.25) is 0 Å². The van der Waals surface area contributed by atoms with E-state index in [9.17, 15) is 13.6 Å². The Labute approximate surface area is 99.1 Å². The molecular weight excluding hydrogens is 248 g/mol. The molecule has 1 heterocycles. The van der Waals surface area contributed by atoms with Crippen LogP contribution in [0.15, 0.2) is 24.3 Å². The zero-order valence-corrected chi connectivity index (χ0v) is 8.80. The molecule has 9 heteroatoms. The van der Waals surface area contributed by atoms with Crippen molar-refractivity contribution in [3.8, 4) is 5.75 Å². The maximum Gasteiger partial charge on any atom is 0.387 e. The molecule has 0 aliphatic carbocycles. The lowest BCUT2D eigenvalue weighted by Crippen LogP contribution is -2.15. The number of tetrazole rings is 1. The number of hydrogen-bond donors (Lipinski definition) is 2. The van der Waals surface area contributed by atoms with Gasteiger partial charge in [-0.05, 0) is 17.3 Å². The van der Waals surface area contributed by atoms with Crippen molar-refractivity contribution in [2.75, 3.05) is 5.32 Å². The van der Waals surface area contributed by atoms with Crippen LogP contribution < -0.4 is 10.1 Å². The molecule has 7 nitrogen and oxygen atoms in total. The van der Waals surface area contributed by atoms with Gasteiger partial charge in [0.2, 0.25) is 0 Å². The van der Waals surface area contributed by atoms with Gasteiger partial charge in [0.25, 0.3) is 11.7 Å². The van der Waals surface area contributed by atoms with Crippen molar-refractivity contribution in [1.82, 2.24) is 20.6 Å². The zero-order valence-electron chi connectivity index (χ0n) is 8.80. The van der Waals surface area contributed by atoms with Gasteiger partial charge in [-0.2, -0.15) is 14.0 Å². The molecule has 1 aromatic heterocycles. The number of carbonyl (C=O) groups excluding carboxylic acids is 1. The number of para-hydroxylation sites is 2. The third kappa shape index (κ3) is 2.75. The Morgan fingerprint density at radius 2 is 2.17 bits per heavy atom. The minimum atomic E-state index is -2.98. The molecule has 0 radical (unpaired) electrons. The average molecular weight is 255 g/mol. The van der Waals surface area contributed by atoms with E-state index in [-0.39, 0.29) is 17.3 Å². The second-order valence-corrected chi connectivity index (χ2v) is 3.06. The highest BCUT2D eigenvalue weighted by Crippen LogP contribution is 2.25. The summed E-state index contributed by atoms with van der Waals surface area (Å²) >= 11 is 0. The number of ether oxygens (including phenoxy) is 1. The van der Waals surface area contributed by atoms with Crippen molar-refractivity contribution < 1.29 is 18.3 Å². The molecule has 0 bridgehead atoms. The number of rotatable bonds is 4. The summed E-state index contributed by atoms with van der Waals surface area (Å²) in [7, 11) is 0. The number of benzene rings is 1. The molecule has 0 fully saturated rings. The van der Waals surface area contributed by atoms with Crippen LogP contribution in [0, 0.1) is 0 Å². The Bertz CT molecular complexity index is 532. The van der Waals surface area contributed by atoms with Crippen LogP contribution in [0.4, 0.5) is 14.5 Å². The molecule has 2 aromatic rings. The quantitative estimate of drug-likeness (QED) is 0.851. The van der Waals surface area contributed by atoms with Crippen molar-refractivity contribution in [1.29, 1.82) is 0 Å². The number of anilines is 1. The van der Waals surface area contributed by atoms with Gasteiger partial charge in [0, 0.05) is 0 Å². The number of aromatic nitrogens is 4. The number of aromatic amines is 1. The van der Waals surface area contributed by atoms with Crippen LogP contribution in [0.1, 0.15) is 10.6 Å². The van der Waals surface area contributed by atoms with Crippen LogP contribution in [-0.4, -0.2) is 33.1 Å². The molecule has 0 atom stereocenters. The van der Waals surface area contributed by atoms with Crippen molar-refractivity contribution in [3.63, 3.8) is 0 Å². The third-order valence-corrected chi connectivity index (χ3v) is 1.90. The maximum absolute atomic E-state index is 12.1. The molecular formula is C9H7F2N5O2. The van der Waals surface area contributed by atoms with E-state index in [0.717, 1.165) is 0 Å². The number of hydrogen-bond acceptors (Lipinski definition) is 5. The molecule has 0 saturated heterocycles. The van der Waals surface area contributed by atoms with Crippen LogP contribution in [0.3, 0.4) is 0 Å². The lowest BCUT2D eigenvalue weighted by atomic mass is 10.3. The normalized spacial score (nSPS) is 10.4. The summed E-state index contributed by atoms with van der Waals surface area (Å²) in [5.74, 6) is -1.04. The molecule has 18 heavy (non-hydrogen) atoms. The Morgan fingerprint density at radius 1 is 1.39 bits per heavy atom. The molecule has 0 aliphatic heterocycles. The van der Waals surface area contributed by atoms with Gasteiger partial charge in [-0.3, -0.25) is 4.79 Å². The van der Waals surface area contributed by atoms with Crippen molar-refractivity contribution in [2.24, 2.45) is 0 Å². The van der Waals surface area contributed by atoms with Gasteiger partial charge in [0.15, 0.2) is 0 Å². The van der Waals surface area contributed by atoms with Crippen molar-refractivity contribution in [3.05, 3.63) is 30.1 Å². The van der Waals surface area contributed by atoms with Crippen LogP contribution in [0.5, 0.6) is 5.75 Å². The summed E-state index contributed by atoms with van der Waals surface area (Å²) < 4.78 is 28.5. The van der Waals surface area contributed by atoms with E-state index in [1.54, 1.807) is 6.07 Å². The fraction of sp³-hybridized carbons (Fsp3) is 0.111. The predicted molar refractivity (Wildman–Crippen MR) is 55.2 cm³/mol. The second-order valence-electron chi connectivity index (χ2n) is 3.06. The van der Waals surface area contributed by atoms with Gasteiger partial charge in [-0.15, -0.1) is 10.2 Å². The fourth-order valence-electron chi connectivity index (χ4n) is 1.20. The number of nitrogens with one attached hydrogen (secondary N) is 2. The van der Waals surface area contributed by atoms with Crippen LogP contribution in [0.25, 0.3) is 0 Å². The Morgan fingerprint density at radius 3 is 2.83 bits per heavy atom. The molecule has 1 aromatic carbocycles. The maximum atomic E-state index is 12.1. The number of H-pyrrole nitrogens is 1. The molecule has 0 saturated carbocycles. The van der Waals surface area contributed by atoms with Gasteiger partial charge in [-0.25, -0.2) is 0 Å². The molecule has 94 valence electrons. The first kappa shape index (κ1) is 11.9. The number of amides is 1. The zero-order chi connectivity index (χ0) is 13.0. The topological polar surface area (TPSA) is 92.8 Å². The summed E-state index contributed by atoms with van der Waals surface area (Å²) in [6, 6.07) is 5.78. The monoisotopic (exact) mass is 255 g/mol. The van der Waals surface area contributed by atoms with Crippen molar-refractivity contribution in [2.45, 2.75) is 6.61 Å². The summed E-state index contributed by atoms with van der Waals surface area (Å²) in [6.45, 7) is -2.98. The number of alkyl halides is 2. The summed E-state index contributed by atoms with van der Waals surface area (Å²) in [5.41, 5.74) is 0.0904. The van der Waals surface area contributed by atoms with E-state index >= 15 is 0 Å². The smallest absolute Gasteiger partial charge is 0.387 e. The van der Waals surface area contributed by atoms with Crippen LogP contribution >= 0.6 is 0 Å². The largest absolute Gasteiger partial charge is 0.433 e. The van der Waals surface area contributed by atoms with Gasteiger partial charge in [0.05, 0.1) is 5.69 Å².